The second kappa shape index (κ2) is 24.3. The minimum Gasteiger partial charge on any atom is -0.481 e. The van der Waals surface area contributed by atoms with Crippen molar-refractivity contribution in [3.8, 4) is 0 Å². The summed E-state index contributed by atoms with van der Waals surface area (Å²) in [5, 5.41) is 33.4. The molecular formula is C28H48N3O12P. The van der Waals surface area contributed by atoms with Crippen molar-refractivity contribution >= 4 is 50.6 Å². The van der Waals surface area contributed by atoms with Gasteiger partial charge < -0.3 is 30.3 Å². The molecule has 0 saturated carbocycles. The zero-order chi connectivity index (χ0) is 33.5. The van der Waals surface area contributed by atoms with Crippen LogP contribution in [0.3, 0.4) is 0 Å². The lowest BCUT2D eigenvalue weighted by Crippen LogP contribution is -2.27. The van der Waals surface area contributed by atoms with Gasteiger partial charge in [-0.25, -0.2) is 4.83 Å². The summed E-state index contributed by atoms with van der Waals surface area (Å²) < 4.78 is 10.4. The SMILES string of the molecule is CC[C@@H](CCCCNC(=O)CC[C@H](CC(=O)CC[C@H](CC(=O)COCCOCCNC(C)=O)C(=O)O)C(=O)O)C(=O)N(O)P. The Labute approximate surface area is 260 Å². The topological polar surface area (TPSA) is 226 Å². The van der Waals surface area contributed by atoms with Crippen molar-refractivity contribution < 1.29 is 58.5 Å². The summed E-state index contributed by atoms with van der Waals surface area (Å²) in [7, 11) is 1.91. The van der Waals surface area contributed by atoms with E-state index in [0.29, 0.717) is 43.6 Å². The van der Waals surface area contributed by atoms with Crippen molar-refractivity contribution in [1.29, 1.82) is 0 Å². The first kappa shape index (κ1) is 41.0. The summed E-state index contributed by atoms with van der Waals surface area (Å²) in [4.78, 5) is 83.0. The predicted molar refractivity (Wildman–Crippen MR) is 159 cm³/mol. The van der Waals surface area contributed by atoms with E-state index in [1.165, 1.54) is 6.92 Å². The van der Waals surface area contributed by atoms with Gasteiger partial charge in [-0.1, -0.05) is 13.3 Å². The van der Waals surface area contributed by atoms with Crippen molar-refractivity contribution in [2.75, 3.05) is 39.5 Å². The van der Waals surface area contributed by atoms with E-state index in [1.54, 1.807) is 0 Å². The number of nitrogens with one attached hydrogen (secondary N) is 2. The molecule has 0 aliphatic rings. The van der Waals surface area contributed by atoms with Crippen LogP contribution in [0.15, 0.2) is 0 Å². The highest BCUT2D eigenvalue weighted by Gasteiger charge is 2.26. The minimum atomic E-state index is -1.25. The minimum absolute atomic E-state index is 0.0744. The summed E-state index contributed by atoms with van der Waals surface area (Å²) >= 11 is 0. The van der Waals surface area contributed by atoms with Gasteiger partial charge in [-0.3, -0.25) is 38.8 Å². The molecular weight excluding hydrogens is 601 g/mol. The number of carboxylic acid groups (broad SMARTS) is 2. The fourth-order valence-corrected chi connectivity index (χ4v) is 4.41. The number of carboxylic acids is 2. The number of hydrogen-bond acceptors (Lipinski definition) is 10. The monoisotopic (exact) mass is 649 g/mol. The first-order chi connectivity index (χ1) is 20.8. The van der Waals surface area contributed by atoms with Crippen molar-refractivity contribution in [2.24, 2.45) is 17.8 Å². The van der Waals surface area contributed by atoms with Gasteiger partial charge in [-0.2, -0.15) is 0 Å². The van der Waals surface area contributed by atoms with E-state index in [9.17, 15) is 49.0 Å². The van der Waals surface area contributed by atoms with Crippen LogP contribution in [0, 0.1) is 17.8 Å². The lowest BCUT2D eigenvalue weighted by Gasteiger charge is -2.17. The van der Waals surface area contributed by atoms with Gasteiger partial charge in [0.2, 0.25) is 11.8 Å². The number of ether oxygens (including phenoxy) is 2. The highest BCUT2D eigenvalue weighted by atomic mass is 31.0. The van der Waals surface area contributed by atoms with E-state index in [4.69, 9.17) is 9.47 Å². The molecule has 1 unspecified atom stereocenters. The van der Waals surface area contributed by atoms with Gasteiger partial charge >= 0.3 is 11.9 Å². The standard InChI is InChI=1S/C28H48N3O12P/c1-3-20(26(36)31(41)44)6-4-5-11-30-25(35)10-8-22(28(39)40)16-23(33)9-7-21(27(37)38)17-24(34)18-43-15-14-42-13-12-29-19(2)32/h20-22,41H,3-18,44H2,1-2H3,(H,29,32)(H,30,35)(H,37,38)(H,39,40)/t20-,21+,22+/m0/s1. The number of ketones is 2. The van der Waals surface area contributed by atoms with Crippen molar-refractivity contribution in [1.82, 2.24) is 15.5 Å². The van der Waals surface area contributed by atoms with Crippen LogP contribution in [0.1, 0.15) is 78.1 Å². The van der Waals surface area contributed by atoms with Gasteiger partial charge in [0.1, 0.15) is 12.4 Å². The van der Waals surface area contributed by atoms with E-state index >= 15 is 0 Å². The normalized spacial score (nSPS) is 12.9. The van der Waals surface area contributed by atoms with Crippen molar-refractivity contribution in [3.05, 3.63) is 0 Å². The summed E-state index contributed by atoms with van der Waals surface area (Å²) in [6.07, 6.45) is 1.08. The largest absolute Gasteiger partial charge is 0.481 e. The van der Waals surface area contributed by atoms with E-state index < -0.39 is 41.2 Å². The average molecular weight is 650 g/mol. The molecule has 0 aromatic carbocycles. The molecule has 0 heterocycles. The van der Waals surface area contributed by atoms with Crippen LogP contribution in [0.5, 0.6) is 0 Å². The summed E-state index contributed by atoms with van der Waals surface area (Å²) in [5.74, 6) is -6.96. The highest BCUT2D eigenvalue weighted by Crippen LogP contribution is 2.19. The first-order valence-electron chi connectivity index (χ1n) is 14.7. The van der Waals surface area contributed by atoms with Crippen LogP contribution in [-0.4, -0.2) is 101 Å². The molecule has 3 amide bonds. The Hall–Kier alpha value is -3.00. The summed E-state index contributed by atoms with van der Waals surface area (Å²) in [5.41, 5.74) is 0. The molecule has 0 aromatic rings. The zero-order valence-electron chi connectivity index (χ0n) is 25.6. The van der Waals surface area contributed by atoms with Gasteiger partial charge in [-0.05, 0) is 41.5 Å². The van der Waals surface area contributed by atoms with Gasteiger partial charge in [0.15, 0.2) is 5.78 Å². The molecule has 0 radical (unpaired) electrons. The number of amides is 3. The Morgan fingerprint density at radius 3 is 1.91 bits per heavy atom. The fourth-order valence-electron chi connectivity index (χ4n) is 4.20. The van der Waals surface area contributed by atoms with E-state index in [-0.39, 0.29) is 82.7 Å². The molecule has 0 bridgehead atoms. The average Bonchev–Trinajstić information content (AvgIpc) is 2.95. The molecule has 0 saturated heterocycles. The van der Waals surface area contributed by atoms with Crippen LogP contribution in [0.25, 0.3) is 0 Å². The molecule has 4 atom stereocenters. The Balaban J connectivity index is 4.37. The molecule has 252 valence electrons. The predicted octanol–water partition coefficient (Wildman–Crippen LogP) is 1.36. The molecule has 0 aliphatic carbocycles. The third kappa shape index (κ3) is 20.8. The maximum Gasteiger partial charge on any atom is 0.306 e. The van der Waals surface area contributed by atoms with Gasteiger partial charge in [0.05, 0.1) is 31.7 Å². The van der Waals surface area contributed by atoms with Crippen LogP contribution >= 0.6 is 9.39 Å². The number of aliphatic carboxylic acids is 2. The van der Waals surface area contributed by atoms with Gasteiger partial charge in [0.25, 0.3) is 5.91 Å². The van der Waals surface area contributed by atoms with E-state index in [2.05, 4.69) is 10.6 Å². The smallest absolute Gasteiger partial charge is 0.306 e. The Morgan fingerprint density at radius 2 is 1.34 bits per heavy atom. The van der Waals surface area contributed by atoms with E-state index in [0.717, 1.165) is 0 Å². The lowest BCUT2D eigenvalue weighted by molar-refractivity contribution is -0.150. The number of carbonyl (C=O) groups excluding carboxylic acids is 5. The van der Waals surface area contributed by atoms with Crippen LogP contribution in [0.2, 0.25) is 0 Å². The number of nitrogens with zero attached hydrogens (tertiary/aromatic N) is 1. The number of rotatable bonds is 27. The van der Waals surface area contributed by atoms with Crippen molar-refractivity contribution in [2.45, 2.75) is 78.1 Å². The quantitative estimate of drug-likeness (QED) is 0.0368. The molecule has 0 rings (SSSR count). The lowest BCUT2D eigenvalue weighted by atomic mass is 9.91. The number of carbonyl (C=O) groups is 7. The van der Waals surface area contributed by atoms with Gasteiger partial charge in [-0.15, -0.1) is 0 Å². The third-order valence-electron chi connectivity index (χ3n) is 6.76. The number of unbranched alkanes of at least 4 members (excludes halogenated alkanes) is 1. The number of Topliss-reactive ketones (excluding diaryl/α,β-unsaturated/α-hetero) is 2. The second-order valence-corrected chi connectivity index (χ2v) is 10.9. The van der Waals surface area contributed by atoms with Crippen LogP contribution < -0.4 is 10.6 Å². The molecule has 0 aliphatic heterocycles. The Bertz CT molecular complexity index is 947. The number of hydroxylamine groups is 1. The molecule has 0 aromatic heterocycles. The van der Waals surface area contributed by atoms with E-state index in [1.807, 2.05) is 16.3 Å². The maximum atomic E-state index is 12.4. The molecule has 5 N–H and O–H groups in total. The molecule has 15 nitrogen and oxygen atoms in total. The second-order valence-electron chi connectivity index (χ2n) is 10.4. The van der Waals surface area contributed by atoms with Crippen molar-refractivity contribution in [3.63, 3.8) is 0 Å². The molecule has 0 spiro atoms. The first-order valence-corrected chi connectivity index (χ1v) is 15.2. The summed E-state index contributed by atoms with van der Waals surface area (Å²) in [6.45, 7) is 4.12. The zero-order valence-corrected chi connectivity index (χ0v) is 26.7. The van der Waals surface area contributed by atoms with Gasteiger partial charge in [0, 0.05) is 51.6 Å². The molecule has 0 fully saturated rings. The Kier molecular flexibility index (Phi) is 22.7. The maximum absolute atomic E-state index is 12.4. The third-order valence-corrected chi connectivity index (χ3v) is 7.02. The Morgan fingerprint density at radius 1 is 0.750 bits per heavy atom. The molecule has 44 heavy (non-hydrogen) atoms. The highest BCUT2D eigenvalue weighted by molar-refractivity contribution is 7.14. The fraction of sp³-hybridized carbons (Fsp3) is 0.750. The number of hydrogen-bond donors (Lipinski definition) is 5. The van der Waals surface area contributed by atoms with Crippen LogP contribution in [-0.2, 0) is 43.0 Å². The molecule has 16 heteroatoms. The summed E-state index contributed by atoms with van der Waals surface area (Å²) in [6, 6.07) is 0. The van der Waals surface area contributed by atoms with Crippen LogP contribution in [0.4, 0.5) is 0 Å².